The molecule has 0 atom stereocenters. The summed E-state index contributed by atoms with van der Waals surface area (Å²) in [5.41, 5.74) is 11.6. The van der Waals surface area contributed by atoms with Gasteiger partial charge in [-0.05, 0) is 151 Å². The topological polar surface area (TPSA) is 208 Å². The Morgan fingerprint density at radius 1 is 0.712 bits per heavy atom. The van der Waals surface area contributed by atoms with Crippen molar-refractivity contribution in [1.82, 2.24) is 25.1 Å². The lowest BCUT2D eigenvalue weighted by Gasteiger charge is -2.15. The number of benzene rings is 2. The number of carbonyl (C=O) groups is 1. The van der Waals surface area contributed by atoms with Gasteiger partial charge in [0.15, 0.2) is 20.4 Å². The van der Waals surface area contributed by atoms with E-state index in [2.05, 4.69) is 37.2 Å². The molecule has 0 saturated carbocycles. The predicted molar refractivity (Wildman–Crippen MR) is 192 cm³/mol. The second kappa shape index (κ2) is 15.8. The summed E-state index contributed by atoms with van der Waals surface area (Å²) in [6, 6.07) is 9.66. The van der Waals surface area contributed by atoms with Crippen molar-refractivity contribution in [2.45, 2.75) is 93.5 Å². The second-order valence-electron chi connectivity index (χ2n) is 12.9. The molecule has 2 heterocycles. The van der Waals surface area contributed by atoms with Crippen molar-refractivity contribution in [1.29, 1.82) is 5.26 Å². The quantitative estimate of drug-likeness (QED) is 0.261. The number of carbonyl (C=O) groups excluding carboxylic acids is 1. The van der Waals surface area contributed by atoms with Crippen molar-refractivity contribution in [3.63, 3.8) is 0 Å². The van der Waals surface area contributed by atoms with Crippen LogP contribution in [0.15, 0.2) is 46.5 Å². The van der Waals surface area contributed by atoms with Crippen LogP contribution in [0.25, 0.3) is 0 Å². The van der Waals surface area contributed by atoms with Gasteiger partial charge in [0.25, 0.3) is 26.3 Å². The molecule has 0 fully saturated rings. The van der Waals surface area contributed by atoms with Gasteiger partial charge in [-0.2, -0.15) is 8.42 Å². The Labute approximate surface area is 312 Å². The van der Waals surface area contributed by atoms with Crippen LogP contribution in [0.4, 0.5) is 0 Å². The van der Waals surface area contributed by atoms with Gasteiger partial charge < -0.3 is 4.74 Å². The van der Waals surface area contributed by atoms with Gasteiger partial charge >= 0.3 is 0 Å². The first kappa shape index (κ1) is 37.6. The first-order valence-corrected chi connectivity index (χ1v) is 20.6. The normalized spacial score (nSPS) is 15.1. The highest BCUT2D eigenvalue weighted by atomic mass is 35.5. The Kier molecular flexibility index (Phi) is 11.4. The number of nitriles is 1. The highest BCUT2D eigenvalue weighted by Crippen LogP contribution is 2.40. The van der Waals surface area contributed by atoms with E-state index < -0.39 is 26.0 Å². The number of sulfonamides is 2. The number of ether oxygens (including phenoxy) is 1. The summed E-state index contributed by atoms with van der Waals surface area (Å²) >= 11 is 11.0. The van der Waals surface area contributed by atoms with E-state index in [-0.39, 0.29) is 26.8 Å². The van der Waals surface area contributed by atoms with Crippen LogP contribution in [0.1, 0.15) is 75.8 Å². The fourth-order valence-corrected chi connectivity index (χ4v) is 8.87. The molecule has 0 bridgehead atoms. The summed E-state index contributed by atoms with van der Waals surface area (Å²) in [4.78, 5) is 12.5. The molecule has 1 amide bonds. The van der Waals surface area contributed by atoms with Gasteiger partial charge in [-0.15, -0.1) is 25.7 Å². The van der Waals surface area contributed by atoms with Crippen molar-refractivity contribution in [3.8, 4) is 12.0 Å². The van der Waals surface area contributed by atoms with Crippen LogP contribution in [0.5, 0.6) is 5.75 Å². The monoisotopic (exact) mass is 783 g/mol. The van der Waals surface area contributed by atoms with E-state index in [1.54, 1.807) is 0 Å². The summed E-state index contributed by atoms with van der Waals surface area (Å²) in [6.07, 6.45) is 15.0. The van der Waals surface area contributed by atoms with Crippen molar-refractivity contribution >= 4 is 49.2 Å². The number of hydrogen-bond acceptors (Lipinski definition) is 11. The van der Waals surface area contributed by atoms with Crippen LogP contribution in [-0.4, -0.2) is 43.1 Å². The standard InChI is InChI=1S/C18H18ClN3O3S.C13H13NO.C4H4ClN3O2S/c19-16-7-8-18(21-20-16)26(24,25)22-17(23)10-15-13-5-1-3-11(13)9-12-4-2-6-14(12)15;14-8-15-13-11-5-1-3-9(11)7-10-4-2-6-12(10)13;5-3-1-2-4(8-7-3)11(6,9)10/h7-9H,1-6,10H2,(H,22,23);7H,1-6H2;1-2H,(H2,6,9,10). The molecule has 0 radical (unpaired) electrons. The zero-order valence-corrected chi connectivity index (χ0v) is 31.1. The lowest BCUT2D eigenvalue weighted by Crippen LogP contribution is -2.33. The van der Waals surface area contributed by atoms with Crippen molar-refractivity contribution in [2.75, 3.05) is 0 Å². The third kappa shape index (κ3) is 8.53. The minimum atomic E-state index is -4.06. The van der Waals surface area contributed by atoms with Crippen molar-refractivity contribution in [3.05, 3.63) is 96.8 Å². The molecule has 8 rings (SSSR count). The Morgan fingerprint density at radius 2 is 1.15 bits per heavy atom. The van der Waals surface area contributed by atoms with Gasteiger partial charge in [-0.25, -0.2) is 18.3 Å². The van der Waals surface area contributed by atoms with Crippen LogP contribution >= 0.6 is 23.2 Å². The molecule has 0 spiro atoms. The Bertz CT molecular complexity index is 2220. The zero-order chi connectivity index (χ0) is 37.0. The number of nitrogens with one attached hydrogen (secondary N) is 1. The number of hydrogen-bond donors (Lipinski definition) is 2. The molecule has 0 saturated heterocycles. The van der Waals surface area contributed by atoms with E-state index in [0.717, 1.165) is 75.5 Å². The summed E-state index contributed by atoms with van der Waals surface area (Å²) in [7, 11) is -7.81. The summed E-state index contributed by atoms with van der Waals surface area (Å²) in [5, 5.41) is 26.7. The first-order chi connectivity index (χ1) is 24.8. The molecule has 13 nitrogen and oxygen atoms in total. The predicted octanol–water partition coefficient (Wildman–Crippen LogP) is 4.46. The van der Waals surface area contributed by atoms with Crippen LogP contribution < -0.4 is 14.6 Å². The highest BCUT2D eigenvalue weighted by molar-refractivity contribution is 7.90. The number of nitrogens with zero attached hydrogens (tertiary/aromatic N) is 5. The maximum absolute atomic E-state index is 12.5. The number of halogens is 2. The molecule has 3 N–H and O–H groups in total. The van der Waals surface area contributed by atoms with Crippen LogP contribution in [-0.2, 0) is 82.6 Å². The molecule has 17 heteroatoms. The van der Waals surface area contributed by atoms with E-state index in [0.29, 0.717) is 0 Å². The van der Waals surface area contributed by atoms with Crippen LogP contribution in [0.2, 0.25) is 10.3 Å². The lowest BCUT2D eigenvalue weighted by atomic mass is 9.92. The van der Waals surface area contributed by atoms with Gasteiger partial charge in [-0.3, -0.25) is 4.79 Å². The highest BCUT2D eigenvalue weighted by Gasteiger charge is 2.28. The minimum Gasteiger partial charge on any atom is -0.387 e. The molecule has 4 aliphatic carbocycles. The molecule has 2 aromatic carbocycles. The first-order valence-electron chi connectivity index (χ1n) is 16.8. The average molecular weight is 785 g/mol. The zero-order valence-electron chi connectivity index (χ0n) is 28.0. The SMILES string of the molecule is N#COc1c2c(cc3c1CCC3)CCC2.NS(=O)(=O)c1ccc(Cl)nn1.O=C(Cc1c2c(cc3c1CCC3)CCC2)NS(=O)(=O)c1ccc(Cl)nn1. The summed E-state index contributed by atoms with van der Waals surface area (Å²) < 4.78 is 53.1. The third-order valence-corrected chi connectivity index (χ3v) is 12.0. The van der Waals surface area contributed by atoms with E-state index in [4.69, 9.17) is 38.3 Å². The number of fused-ring (bicyclic) bond motifs is 4. The van der Waals surface area contributed by atoms with Crippen LogP contribution in [0.3, 0.4) is 0 Å². The lowest BCUT2D eigenvalue weighted by molar-refractivity contribution is -0.118. The summed E-state index contributed by atoms with van der Waals surface area (Å²) in [6.45, 7) is 0. The van der Waals surface area contributed by atoms with Gasteiger partial charge in [-0.1, -0.05) is 35.3 Å². The molecule has 2 aromatic heterocycles. The number of aromatic nitrogens is 4. The maximum atomic E-state index is 12.5. The largest absolute Gasteiger partial charge is 0.387 e. The number of rotatable bonds is 6. The molecular weight excluding hydrogens is 749 g/mol. The van der Waals surface area contributed by atoms with E-state index in [9.17, 15) is 21.6 Å². The number of aryl methyl sites for hydroxylation is 4. The van der Waals surface area contributed by atoms with Crippen molar-refractivity contribution < 1.29 is 26.4 Å². The molecule has 0 aliphatic heterocycles. The van der Waals surface area contributed by atoms with Gasteiger partial charge in [0.2, 0.25) is 5.91 Å². The minimum absolute atomic E-state index is 0.0752. The summed E-state index contributed by atoms with van der Waals surface area (Å²) in [5.74, 6) is 0.358. The van der Waals surface area contributed by atoms with E-state index >= 15 is 0 Å². The van der Waals surface area contributed by atoms with Crippen LogP contribution in [0, 0.1) is 11.5 Å². The fraction of sp³-hybridized carbons (Fsp3) is 0.371. The van der Waals surface area contributed by atoms with Gasteiger partial charge in [0, 0.05) is 0 Å². The molecule has 52 heavy (non-hydrogen) atoms. The Balaban J connectivity index is 0.000000150. The van der Waals surface area contributed by atoms with E-state index in [1.807, 2.05) is 6.26 Å². The van der Waals surface area contributed by atoms with Gasteiger partial charge in [0.1, 0.15) is 5.75 Å². The number of nitrogens with two attached hydrogens (primary N) is 1. The Morgan fingerprint density at radius 3 is 1.58 bits per heavy atom. The smallest absolute Gasteiger partial charge is 0.292 e. The third-order valence-electron chi connectivity index (χ3n) is 9.53. The van der Waals surface area contributed by atoms with Gasteiger partial charge in [0.05, 0.1) is 6.42 Å². The molecule has 0 unspecified atom stereocenters. The fourth-order valence-electron chi connectivity index (χ4n) is 7.38. The number of primary sulfonamides is 1. The maximum Gasteiger partial charge on any atom is 0.292 e. The molecule has 4 aliphatic rings. The second-order valence-corrected chi connectivity index (χ2v) is 16.8. The van der Waals surface area contributed by atoms with E-state index in [1.165, 1.54) is 81.6 Å². The van der Waals surface area contributed by atoms with Crippen molar-refractivity contribution in [2.24, 2.45) is 5.14 Å². The average Bonchev–Trinajstić information content (AvgIpc) is 3.93. The molecule has 4 aromatic rings. The molecular formula is C35H35Cl2N7O6S2. The molecule has 272 valence electrons. The number of amides is 1. The Hall–Kier alpha value is -4.20.